The maximum Gasteiger partial charge on any atom is 0.164 e. The van der Waals surface area contributed by atoms with Gasteiger partial charge in [0.1, 0.15) is 0 Å². The van der Waals surface area contributed by atoms with Crippen molar-refractivity contribution < 1.29 is 4.79 Å². The molecule has 1 nitrogen and oxygen atoms in total. The van der Waals surface area contributed by atoms with Crippen molar-refractivity contribution in [2.45, 2.75) is 37.2 Å². The summed E-state index contributed by atoms with van der Waals surface area (Å²) in [6.07, 6.45) is 0.668. The fraction of sp³-hybridized carbons (Fsp3) is 0.462. The summed E-state index contributed by atoms with van der Waals surface area (Å²) in [5.74, 6) is 0.298. The second kappa shape index (κ2) is 3.67. The Hall–Kier alpha value is -0.760. The smallest absolute Gasteiger partial charge is 0.164 e. The highest BCUT2D eigenvalue weighted by Gasteiger charge is 2.31. The number of hydrogen-bond donors (Lipinski definition) is 0. The van der Waals surface area contributed by atoms with Gasteiger partial charge >= 0.3 is 0 Å². The molecular weight excluding hydrogens is 204 g/mol. The molecule has 0 bridgehead atoms. The van der Waals surface area contributed by atoms with Crippen LogP contribution in [0.3, 0.4) is 0 Å². The molecule has 1 aromatic carbocycles. The Morgan fingerprint density at radius 3 is 2.60 bits per heavy atom. The summed E-state index contributed by atoms with van der Waals surface area (Å²) in [4.78, 5) is 11.7. The van der Waals surface area contributed by atoms with E-state index in [9.17, 15) is 4.79 Å². The molecule has 1 unspecified atom stereocenters. The van der Waals surface area contributed by atoms with Gasteiger partial charge in [-0.1, -0.05) is 45.0 Å². The second-order valence-electron chi connectivity index (χ2n) is 4.93. The molecule has 0 amide bonds. The van der Waals surface area contributed by atoms with E-state index in [1.807, 2.05) is 30.0 Å². The van der Waals surface area contributed by atoms with E-state index in [0.29, 0.717) is 17.5 Å². The topological polar surface area (TPSA) is 17.1 Å². The zero-order chi connectivity index (χ0) is 11.1. The molecule has 1 aromatic rings. The van der Waals surface area contributed by atoms with E-state index in [1.54, 1.807) is 0 Å². The summed E-state index contributed by atoms with van der Waals surface area (Å²) in [6.45, 7) is 6.59. The van der Waals surface area contributed by atoms with Crippen molar-refractivity contribution in [1.82, 2.24) is 0 Å². The van der Waals surface area contributed by atoms with Gasteiger partial charge in [-0.15, -0.1) is 11.8 Å². The minimum Gasteiger partial charge on any atom is -0.294 e. The maximum atomic E-state index is 11.7. The molecule has 0 N–H and O–H groups in total. The molecule has 0 fully saturated rings. The Labute approximate surface area is 95.3 Å². The third kappa shape index (κ3) is 2.25. The standard InChI is InChI=1S/C13H16OS/c1-13(2,3)15-12-8-11(14)9-6-4-5-7-10(9)12/h4-7,12H,8H2,1-3H3. The average Bonchev–Trinajstić information content (AvgIpc) is 2.42. The lowest BCUT2D eigenvalue weighted by Crippen LogP contribution is -2.10. The van der Waals surface area contributed by atoms with Crippen molar-refractivity contribution in [3.8, 4) is 0 Å². The molecule has 0 aromatic heterocycles. The average molecular weight is 220 g/mol. The number of ketones is 1. The van der Waals surface area contributed by atoms with Crippen LogP contribution < -0.4 is 0 Å². The van der Waals surface area contributed by atoms with Crippen molar-refractivity contribution in [3.05, 3.63) is 35.4 Å². The molecule has 1 aliphatic rings. The first-order valence-corrected chi connectivity index (χ1v) is 6.15. The molecule has 2 heteroatoms. The Morgan fingerprint density at radius 1 is 1.27 bits per heavy atom. The van der Waals surface area contributed by atoms with Gasteiger partial charge in [0, 0.05) is 22.0 Å². The molecule has 0 radical (unpaired) electrons. The first kappa shape index (κ1) is 10.7. The monoisotopic (exact) mass is 220 g/mol. The van der Waals surface area contributed by atoms with Crippen LogP contribution in [0, 0.1) is 0 Å². The van der Waals surface area contributed by atoms with Crippen LogP contribution in [0.1, 0.15) is 48.4 Å². The van der Waals surface area contributed by atoms with Gasteiger partial charge < -0.3 is 0 Å². The van der Waals surface area contributed by atoms with Gasteiger partial charge in [0.05, 0.1) is 0 Å². The lowest BCUT2D eigenvalue weighted by molar-refractivity contribution is 0.0994. The van der Waals surface area contributed by atoms with Crippen molar-refractivity contribution in [2.75, 3.05) is 0 Å². The molecular formula is C13H16OS. The van der Waals surface area contributed by atoms with Gasteiger partial charge in [0.15, 0.2) is 5.78 Å². The second-order valence-corrected chi connectivity index (χ2v) is 6.96. The molecule has 15 heavy (non-hydrogen) atoms. The lowest BCUT2D eigenvalue weighted by atomic mass is 10.1. The van der Waals surface area contributed by atoms with E-state index in [1.165, 1.54) is 5.56 Å². The number of thioether (sulfide) groups is 1. The Balaban J connectivity index is 2.29. The Morgan fingerprint density at radius 2 is 1.93 bits per heavy atom. The van der Waals surface area contributed by atoms with Crippen LogP contribution in [0.25, 0.3) is 0 Å². The molecule has 2 rings (SSSR count). The number of Topliss-reactive ketones (excluding diaryl/α,β-unsaturated/α-hetero) is 1. The zero-order valence-electron chi connectivity index (χ0n) is 9.41. The van der Waals surface area contributed by atoms with E-state index in [2.05, 4.69) is 26.8 Å². The quantitative estimate of drug-likeness (QED) is 0.715. The van der Waals surface area contributed by atoms with Gasteiger partial charge in [-0.3, -0.25) is 4.79 Å². The maximum absolute atomic E-state index is 11.7. The minimum atomic E-state index is 0.211. The fourth-order valence-corrected chi connectivity index (χ4v) is 3.37. The number of carbonyl (C=O) groups excluding carboxylic acids is 1. The van der Waals surface area contributed by atoms with E-state index in [4.69, 9.17) is 0 Å². The van der Waals surface area contributed by atoms with Crippen LogP contribution in [0.15, 0.2) is 24.3 Å². The molecule has 0 aliphatic heterocycles. The first-order chi connectivity index (χ1) is 6.97. The largest absolute Gasteiger partial charge is 0.294 e. The number of rotatable bonds is 1. The third-order valence-electron chi connectivity index (χ3n) is 2.47. The van der Waals surface area contributed by atoms with Crippen LogP contribution >= 0.6 is 11.8 Å². The molecule has 80 valence electrons. The summed E-state index contributed by atoms with van der Waals surface area (Å²) < 4.78 is 0.211. The van der Waals surface area contributed by atoms with Gasteiger partial charge in [-0.05, 0) is 5.56 Å². The van der Waals surface area contributed by atoms with E-state index >= 15 is 0 Å². The number of hydrogen-bond acceptors (Lipinski definition) is 2. The van der Waals surface area contributed by atoms with Crippen molar-refractivity contribution in [1.29, 1.82) is 0 Å². The van der Waals surface area contributed by atoms with E-state index in [-0.39, 0.29) is 4.75 Å². The Kier molecular flexibility index (Phi) is 2.63. The predicted molar refractivity (Wildman–Crippen MR) is 65.5 cm³/mol. The molecule has 0 heterocycles. The number of fused-ring (bicyclic) bond motifs is 1. The van der Waals surface area contributed by atoms with Crippen LogP contribution in [0.4, 0.5) is 0 Å². The van der Waals surface area contributed by atoms with Gasteiger partial charge in [-0.2, -0.15) is 0 Å². The summed E-state index contributed by atoms with van der Waals surface area (Å²) in [6, 6.07) is 8.00. The molecule has 0 saturated heterocycles. The summed E-state index contributed by atoms with van der Waals surface area (Å²) in [7, 11) is 0. The molecule has 1 atom stereocenters. The Bertz CT molecular complexity index is 390. The first-order valence-electron chi connectivity index (χ1n) is 5.27. The van der Waals surface area contributed by atoms with Crippen molar-refractivity contribution >= 4 is 17.5 Å². The fourth-order valence-electron chi connectivity index (χ4n) is 1.95. The van der Waals surface area contributed by atoms with Crippen LogP contribution in [0.5, 0.6) is 0 Å². The molecule has 0 saturated carbocycles. The van der Waals surface area contributed by atoms with Crippen LogP contribution in [-0.2, 0) is 0 Å². The van der Waals surface area contributed by atoms with Gasteiger partial charge in [0.25, 0.3) is 0 Å². The predicted octanol–water partition coefficient (Wildman–Crippen LogP) is 3.85. The van der Waals surface area contributed by atoms with E-state index < -0.39 is 0 Å². The highest BCUT2D eigenvalue weighted by atomic mass is 32.2. The van der Waals surface area contributed by atoms with Gasteiger partial charge in [-0.25, -0.2) is 0 Å². The lowest BCUT2D eigenvalue weighted by Gasteiger charge is -2.22. The number of carbonyl (C=O) groups is 1. The SMILES string of the molecule is CC(C)(C)SC1CC(=O)c2ccccc21. The summed E-state index contributed by atoms with van der Waals surface area (Å²) >= 11 is 1.89. The highest BCUT2D eigenvalue weighted by Crippen LogP contribution is 2.46. The molecule has 1 aliphatic carbocycles. The van der Waals surface area contributed by atoms with Crippen molar-refractivity contribution in [2.24, 2.45) is 0 Å². The number of benzene rings is 1. The van der Waals surface area contributed by atoms with Crippen molar-refractivity contribution in [3.63, 3.8) is 0 Å². The summed E-state index contributed by atoms with van der Waals surface area (Å²) in [5, 5.41) is 0.355. The normalized spacial score (nSPS) is 20.5. The minimum absolute atomic E-state index is 0.211. The zero-order valence-corrected chi connectivity index (χ0v) is 10.2. The van der Waals surface area contributed by atoms with Crippen LogP contribution in [-0.4, -0.2) is 10.5 Å². The highest BCUT2D eigenvalue weighted by molar-refractivity contribution is 8.00. The van der Waals surface area contributed by atoms with E-state index in [0.717, 1.165) is 5.56 Å². The molecule has 0 spiro atoms. The summed E-state index contributed by atoms with van der Waals surface area (Å²) in [5.41, 5.74) is 2.15. The van der Waals surface area contributed by atoms with Gasteiger partial charge in [0.2, 0.25) is 0 Å². The van der Waals surface area contributed by atoms with Crippen LogP contribution in [0.2, 0.25) is 0 Å². The third-order valence-corrected chi connectivity index (χ3v) is 3.89.